The van der Waals surface area contributed by atoms with Crippen LogP contribution in [0.5, 0.6) is 5.75 Å². The maximum absolute atomic E-state index is 5.73. The van der Waals surface area contributed by atoms with Gasteiger partial charge in [-0.2, -0.15) is 0 Å². The summed E-state index contributed by atoms with van der Waals surface area (Å²) in [6, 6.07) is 4.00. The van der Waals surface area contributed by atoms with Crippen LogP contribution in [-0.2, 0) is 0 Å². The maximum atomic E-state index is 5.73. The molecule has 1 aromatic rings. The van der Waals surface area contributed by atoms with Gasteiger partial charge in [-0.1, -0.05) is 28.1 Å². The van der Waals surface area contributed by atoms with Gasteiger partial charge in [0.05, 0.1) is 17.8 Å². The van der Waals surface area contributed by atoms with Gasteiger partial charge < -0.3 is 15.0 Å². The van der Waals surface area contributed by atoms with Crippen molar-refractivity contribution in [3.8, 4) is 5.75 Å². The Labute approximate surface area is 109 Å². The zero-order valence-electron chi connectivity index (χ0n) is 9.00. The molecule has 3 nitrogen and oxygen atoms in total. The number of thiocarbonyl (C=S) groups is 1. The third-order valence-electron chi connectivity index (χ3n) is 2.53. The summed E-state index contributed by atoms with van der Waals surface area (Å²) in [5.74, 6) is 0.897. The lowest BCUT2D eigenvalue weighted by molar-refractivity contribution is 0.322. The molecule has 0 amide bonds. The molecule has 16 heavy (non-hydrogen) atoms. The van der Waals surface area contributed by atoms with E-state index in [1.807, 2.05) is 12.1 Å². The van der Waals surface area contributed by atoms with Gasteiger partial charge in [0, 0.05) is 18.1 Å². The summed E-state index contributed by atoms with van der Waals surface area (Å²) in [6.45, 7) is 1.74. The SMILES string of the molecule is CN1CCCOc2cc(Br)cc(NC=S)c21. The fourth-order valence-corrected chi connectivity index (χ4v) is 2.41. The van der Waals surface area contributed by atoms with Gasteiger partial charge >= 0.3 is 0 Å². The van der Waals surface area contributed by atoms with Crippen molar-refractivity contribution in [3.05, 3.63) is 16.6 Å². The first-order valence-electron chi connectivity index (χ1n) is 5.10. The highest BCUT2D eigenvalue weighted by molar-refractivity contribution is 9.10. The summed E-state index contributed by atoms with van der Waals surface area (Å²) in [7, 11) is 2.07. The molecule has 1 aliphatic heterocycles. The van der Waals surface area contributed by atoms with Crippen molar-refractivity contribution in [2.75, 3.05) is 30.4 Å². The van der Waals surface area contributed by atoms with Crippen molar-refractivity contribution in [2.24, 2.45) is 0 Å². The van der Waals surface area contributed by atoms with Crippen LogP contribution in [0.3, 0.4) is 0 Å². The third-order valence-corrected chi connectivity index (χ3v) is 3.11. The Hall–Kier alpha value is -0.810. The maximum Gasteiger partial charge on any atom is 0.145 e. The summed E-state index contributed by atoms with van der Waals surface area (Å²) in [6.07, 6.45) is 1.03. The van der Waals surface area contributed by atoms with E-state index >= 15 is 0 Å². The highest BCUT2D eigenvalue weighted by Gasteiger charge is 2.18. The average molecular weight is 301 g/mol. The van der Waals surface area contributed by atoms with Crippen LogP contribution in [0.2, 0.25) is 0 Å². The zero-order valence-corrected chi connectivity index (χ0v) is 11.4. The van der Waals surface area contributed by atoms with Crippen molar-refractivity contribution in [2.45, 2.75) is 6.42 Å². The number of nitrogens with zero attached hydrogens (tertiary/aromatic N) is 1. The van der Waals surface area contributed by atoms with Crippen LogP contribution >= 0.6 is 28.1 Å². The minimum Gasteiger partial charge on any atom is -0.491 e. The molecule has 1 aromatic carbocycles. The molecule has 0 saturated carbocycles. The quantitative estimate of drug-likeness (QED) is 0.849. The van der Waals surface area contributed by atoms with E-state index in [1.165, 1.54) is 5.49 Å². The van der Waals surface area contributed by atoms with Crippen molar-refractivity contribution in [1.82, 2.24) is 0 Å². The first kappa shape index (κ1) is 11.7. The molecule has 0 bridgehead atoms. The number of hydrogen-bond donors (Lipinski definition) is 1. The molecule has 5 heteroatoms. The molecule has 0 saturated heterocycles. The molecule has 1 aliphatic rings. The Balaban J connectivity index is 2.52. The predicted octanol–water partition coefficient (Wildman–Crippen LogP) is 3.04. The minimum atomic E-state index is 0.755. The van der Waals surface area contributed by atoms with Crippen LogP contribution < -0.4 is 15.0 Å². The summed E-state index contributed by atoms with van der Waals surface area (Å²) in [5.41, 5.74) is 3.56. The lowest BCUT2D eigenvalue weighted by Crippen LogP contribution is -2.18. The predicted molar refractivity (Wildman–Crippen MR) is 74.8 cm³/mol. The lowest BCUT2D eigenvalue weighted by atomic mass is 10.2. The molecule has 0 spiro atoms. The third kappa shape index (κ3) is 2.30. The minimum absolute atomic E-state index is 0.755. The summed E-state index contributed by atoms with van der Waals surface area (Å²) in [5, 5.41) is 3.07. The number of rotatable bonds is 2. The van der Waals surface area contributed by atoms with Crippen LogP contribution in [0.4, 0.5) is 11.4 Å². The van der Waals surface area contributed by atoms with Gasteiger partial charge in [-0.3, -0.25) is 0 Å². The first-order valence-corrected chi connectivity index (χ1v) is 6.36. The highest BCUT2D eigenvalue weighted by atomic mass is 79.9. The summed E-state index contributed by atoms with van der Waals surface area (Å²) < 4.78 is 6.71. The highest BCUT2D eigenvalue weighted by Crippen LogP contribution is 2.39. The van der Waals surface area contributed by atoms with Gasteiger partial charge in [-0.25, -0.2) is 0 Å². The monoisotopic (exact) mass is 300 g/mol. The fraction of sp³-hybridized carbons (Fsp3) is 0.364. The Bertz CT molecular complexity index is 411. The summed E-state index contributed by atoms with van der Waals surface area (Å²) in [4.78, 5) is 2.19. The van der Waals surface area contributed by atoms with Gasteiger partial charge in [0.2, 0.25) is 0 Å². The van der Waals surface area contributed by atoms with Crippen molar-refractivity contribution < 1.29 is 4.74 Å². The molecule has 0 aromatic heterocycles. The van der Waals surface area contributed by atoms with Gasteiger partial charge in [-0.05, 0) is 18.6 Å². The second-order valence-electron chi connectivity index (χ2n) is 3.69. The van der Waals surface area contributed by atoms with Gasteiger partial charge in [0.15, 0.2) is 0 Å². The van der Waals surface area contributed by atoms with Gasteiger partial charge in [-0.15, -0.1) is 0 Å². The molecule has 1 heterocycles. The molecule has 86 valence electrons. The number of nitrogens with one attached hydrogen (secondary N) is 1. The Kier molecular flexibility index (Phi) is 3.66. The van der Waals surface area contributed by atoms with E-state index in [-0.39, 0.29) is 0 Å². The lowest BCUT2D eigenvalue weighted by Gasteiger charge is -2.21. The van der Waals surface area contributed by atoms with Crippen LogP contribution in [0.1, 0.15) is 6.42 Å². The van der Waals surface area contributed by atoms with E-state index in [4.69, 9.17) is 17.0 Å². The zero-order chi connectivity index (χ0) is 11.5. The van der Waals surface area contributed by atoms with E-state index in [0.29, 0.717) is 0 Å². The normalized spacial score (nSPS) is 14.8. The largest absolute Gasteiger partial charge is 0.491 e. The molecule has 0 atom stereocenters. The van der Waals surface area contributed by atoms with E-state index in [0.717, 1.165) is 41.2 Å². The van der Waals surface area contributed by atoms with Crippen LogP contribution in [0, 0.1) is 0 Å². The Morgan fingerprint density at radius 2 is 2.38 bits per heavy atom. The van der Waals surface area contributed by atoms with Crippen LogP contribution in [0.25, 0.3) is 0 Å². The van der Waals surface area contributed by atoms with E-state index in [9.17, 15) is 0 Å². The van der Waals surface area contributed by atoms with E-state index < -0.39 is 0 Å². The molecule has 2 rings (SSSR count). The topological polar surface area (TPSA) is 24.5 Å². The fourth-order valence-electron chi connectivity index (χ4n) is 1.85. The number of benzene rings is 1. The Morgan fingerprint density at radius 3 is 3.12 bits per heavy atom. The second-order valence-corrected chi connectivity index (χ2v) is 4.84. The van der Waals surface area contributed by atoms with Crippen LogP contribution in [0.15, 0.2) is 16.6 Å². The van der Waals surface area contributed by atoms with Crippen molar-refractivity contribution >= 4 is 45.0 Å². The number of fused-ring (bicyclic) bond motifs is 1. The van der Waals surface area contributed by atoms with Crippen molar-refractivity contribution in [1.29, 1.82) is 0 Å². The second kappa shape index (κ2) is 5.01. The van der Waals surface area contributed by atoms with Gasteiger partial charge in [0.25, 0.3) is 0 Å². The molecular weight excluding hydrogens is 288 g/mol. The molecule has 0 fully saturated rings. The van der Waals surface area contributed by atoms with Crippen molar-refractivity contribution in [3.63, 3.8) is 0 Å². The molecule has 0 unspecified atom stereocenters. The van der Waals surface area contributed by atoms with Crippen LogP contribution in [-0.4, -0.2) is 25.7 Å². The van der Waals surface area contributed by atoms with E-state index in [1.54, 1.807) is 0 Å². The van der Waals surface area contributed by atoms with Gasteiger partial charge in [0.1, 0.15) is 11.4 Å². The number of anilines is 2. The number of halogens is 1. The smallest absolute Gasteiger partial charge is 0.145 e. The summed E-state index contributed by atoms with van der Waals surface area (Å²) >= 11 is 8.31. The standard InChI is InChI=1S/C11H13BrN2OS/c1-14-3-2-4-15-10-6-8(12)5-9(11(10)14)13-7-16/h5-7H,2-4H2,1H3,(H,13,16). The molecule has 0 radical (unpaired) electrons. The Morgan fingerprint density at radius 1 is 1.56 bits per heavy atom. The number of ether oxygens (including phenoxy) is 1. The average Bonchev–Trinajstić information content (AvgIpc) is 2.41. The molecule has 0 aliphatic carbocycles. The molecular formula is C11H13BrN2OS. The van der Waals surface area contributed by atoms with E-state index in [2.05, 4.69) is 33.2 Å². The molecule has 1 N–H and O–H groups in total. The first-order chi connectivity index (χ1) is 7.72. The number of hydrogen-bond acceptors (Lipinski definition) is 3.